The molecule has 1 aliphatic heterocycles. The van der Waals surface area contributed by atoms with Gasteiger partial charge in [0.2, 0.25) is 11.8 Å². The Morgan fingerprint density at radius 3 is 2.59 bits per heavy atom. The highest BCUT2D eigenvalue weighted by molar-refractivity contribution is 14.1. The SMILES string of the molecule is CN1C(=O)CC(C(=O)Nc2ccc(I)cc2)SC1=Nc1cccc(C(F)(F)F)c1. The molecule has 0 bridgehead atoms. The second-order valence-electron chi connectivity index (χ2n) is 6.20. The molecule has 0 aliphatic carbocycles. The summed E-state index contributed by atoms with van der Waals surface area (Å²) in [5.41, 5.74) is -0.179. The third kappa shape index (κ3) is 5.50. The minimum absolute atomic E-state index is 0.0288. The molecular formula is C19H15F3IN3O2S. The van der Waals surface area contributed by atoms with Gasteiger partial charge in [0.15, 0.2) is 5.17 Å². The number of aliphatic imine (C=N–C) groups is 1. The van der Waals surface area contributed by atoms with Crippen molar-refractivity contribution in [2.75, 3.05) is 12.4 Å². The largest absolute Gasteiger partial charge is 0.416 e. The number of carbonyl (C=O) groups excluding carboxylic acids is 2. The van der Waals surface area contributed by atoms with Crippen molar-refractivity contribution in [3.8, 4) is 0 Å². The zero-order valence-electron chi connectivity index (χ0n) is 15.0. The summed E-state index contributed by atoms with van der Waals surface area (Å²) in [7, 11) is 1.48. The van der Waals surface area contributed by atoms with Crippen LogP contribution < -0.4 is 5.32 Å². The van der Waals surface area contributed by atoms with Gasteiger partial charge in [-0.25, -0.2) is 4.99 Å². The normalized spacial score (nSPS) is 18.8. The van der Waals surface area contributed by atoms with Gasteiger partial charge in [0.25, 0.3) is 0 Å². The van der Waals surface area contributed by atoms with Crippen LogP contribution in [0.15, 0.2) is 53.5 Å². The van der Waals surface area contributed by atoms with Crippen LogP contribution in [0, 0.1) is 3.57 Å². The first-order chi connectivity index (χ1) is 13.6. The van der Waals surface area contributed by atoms with E-state index in [9.17, 15) is 22.8 Å². The van der Waals surface area contributed by atoms with Gasteiger partial charge in [-0.05, 0) is 65.1 Å². The first-order valence-corrected chi connectivity index (χ1v) is 10.3. The maximum absolute atomic E-state index is 12.9. The summed E-state index contributed by atoms with van der Waals surface area (Å²) in [6.07, 6.45) is -4.52. The summed E-state index contributed by atoms with van der Waals surface area (Å²) in [6.45, 7) is 0. The third-order valence-electron chi connectivity index (χ3n) is 4.07. The molecule has 1 heterocycles. The van der Waals surface area contributed by atoms with Gasteiger partial charge >= 0.3 is 6.18 Å². The first kappa shape index (κ1) is 21.6. The molecule has 0 saturated carbocycles. The maximum Gasteiger partial charge on any atom is 0.416 e. The van der Waals surface area contributed by atoms with Gasteiger partial charge in [0.1, 0.15) is 5.25 Å². The van der Waals surface area contributed by atoms with E-state index in [-0.39, 0.29) is 29.1 Å². The van der Waals surface area contributed by atoms with E-state index in [2.05, 4.69) is 32.9 Å². The number of hydrogen-bond donors (Lipinski definition) is 1. The quantitative estimate of drug-likeness (QED) is 0.572. The van der Waals surface area contributed by atoms with Crippen LogP contribution in [0.3, 0.4) is 0 Å². The zero-order valence-corrected chi connectivity index (χ0v) is 18.0. The van der Waals surface area contributed by atoms with Gasteiger partial charge in [-0.2, -0.15) is 13.2 Å². The Morgan fingerprint density at radius 2 is 1.93 bits per heavy atom. The number of amides is 2. The molecule has 1 fully saturated rings. The highest BCUT2D eigenvalue weighted by atomic mass is 127. The third-order valence-corrected chi connectivity index (χ3v) is 6.03. The predicted molar refractivity (Wildman–Crippen MR) is 115 cm³/mol. The molecule has 1 atom stereocenters. The van der Waals surface area contributed by atoms with Gasteiger partial charge in [-0.3, -0.25) is 14.5 Å². The van der Waals surface area contributed by atoms with E-state index in [1.54, 1.807) is 12.1 Å². The molecule has 10 heteroatoms. The zero-order chi connectivity index (χ0) is 21.2. The number of benzene rings is 2. The Kier molecular flexibility index (Phi) is 6.52. The monoisotopic (exact) mass is 533 g/mol. The van der Waals surface area contributed by atoms with Crippen molar-refractivity contribution >= 4 is 62.7 Å². The molecule has 0 spiro atoms. The fourth-order valence-corrected chi connectivity index (χ4v) is 3.94. The van der Waals surface area contributed by atoms with Crippen LogP contribution in [0.1, 0.15) is 12.0 Å². The molecule has 2 aromatic rings. The smallest absolute Gasteiger partial charge is 0.325 e. The van der Waals surface area contributed by atoms with Crippen LogP contribution in [-0.2, 0) is 15.8 Å². The van der Waals surface area contributed by atoms with Crippen molar-refractivity contribution in [2.45, 2.75) is 17.8 Å². The molecule has 1 unspecified atom stereocenters. The van der Waals surface area contributed by atoms with E-state index >= 15 is 0 Å². The Balaban J connectivity index is 1.80. The highest BCUT2D eigenvalue weighted by Crippen LogP contribution is 2.33. The lowest BCUT2D eigenvalue weighted by molar-refractivity contribution is -0.137. The fourth-order valence-electron chi connectivity index (χ4n) is 2.52. The van der Waals surface area contributed by atoms with Crippen LogP contribution >= 0.6 is 34.4 Å². The van der Waals surface area contributed by atoms with Crippen LogP contribution in [0.4, 0.5) is 24.5 Å². The molecule has 29 heavy (non-hydrogen) atoms. The number of rotatable bonds is 3. The summed E-state index contributed by atoms with van der Waals surface area (Å²) in [5.74, 6) is -0.702. The summed E-state index contributed by atoms with van der Waals surface area (Å²) in [6, 6.07) is 11.7. The average molecular weight is 533 g/mol. The standard InChI is InChI=1S/C19H15F3IN3O2S/c1-26-16(27)10-15(17(28)24-13-7-5-12(23)6-8-13)29-18(26)25-14-4-2-3-11(9-14)19(20,21)22/h2-9,15H,10H2,1H3,(H,24,28). The van der Waals surface area contributed by atoms with Gasteiger partial charge < -0.3 is 5.32 Å². The Hall–Kier alpha value is -2.08. The molecule has 5 nitrogen and oxygen atoms in total. The fraction of sp³-hybridized carbons (Fsp3) is 0.211. The van der Waals surface area contributed by atoms with E-state index in [1.807, 2.05) is 12.1 Å². The molecule has 2 aromatic carbocycles. The predicted octanol–water partition coefficient (Wildman–Crippen LogP) is 4.90. The minimum Gasteiger partial charge on any atom is -0.325 e. The van der Waals surface area contributed by atoms with Gasteiger partial charge in [0, 0.05) is 22.7 Å². The second kappa shape index (κ2) is 8.74. The number of anilines is 1. The van der Waals surface area contributed by atoms with E-state index in [1.165, 1.54) is 24.1 Å². The molecule has 152 valence electrons. The number of carbonyl (C=O) groups is 2. The van der Waals surface area contributed by atoms with E-state index in [0.29, 0.717) is 5.69 Å². The van der Waals surface area contributed by atoms with E-state index in [4.69, 9.17) is 0 Å². The van der Waals surface area contributed by atoms with Crippen molar-refractivity contribution in [1.29, 1.82) is 0 Å². The van der Waals surface area contributed by atoms with E-state index < -0.39 is 17.0 Å². The first-order valence-electron chi connectivity index (χ1n) is 8.39. The lowest BCUT2D eigenvalue weighted by atomic mass is 10.2. The molecule has 1 N–H and O–H groups in total. The number of hydrogen-bond acceptors (Lipinski definition) is 4. The number of nitrogens with zero attached hydrogens (tertiary/aromatic N) is 2. The van der Waals surface area contributed by atoms with Crippen LogP contribution in [0.25, 0.3) is 0 Å². The van der Waals surface area contributed by atoms with Gasteiger partial charge in [-0.15, -0.1) is 0 Å². The second-order valence-corrected chi connectivity index (χ2v) is 8.62. The average Bonchev–Trinajstić information content (AvgIpc) is 2.66. The molecule has 1 aliphatic rings. The molecule has 3 rings (SSSR count). The van der Waals surface area contributed by atoms with Crippen molar-refractivity contribution in [2.24, 2.45) is 4.99 Å². The number of halogens is 4. The minimum atomic E-state index is -4.49. The number of alkyl halides is 3. The topological polar surface area (TPSA) is 61.8 Å². The van der Waals surface area contributed by atoms with Crippen LogP contribution in [-0.4, -0.2) is 34.2 Å². The Bertz CT molecular complexity index is 964. The molecular weight excluding hydrogens is 518 g/mol. The summed E-state index contributed by atoms with van der Waals surface area (Å²) in [4.78, 5) is 30.3. The van der Waals surface area contributed by atoms with Crippen LogP contribution in [0.2, 0.25) is 0 Å². The maximum atomic E-state index is 12.9. The molecule has 0 aromatic heterocycles. The molecule has 2 amide bonds. The van der Waals surface area contributed by atoms with Crippen molar-refractivity contribution in [3.63, 3.8) is 0 Å². The number of amidine groups is 1. The van der Waals surface area contributed by atoms with Crippen LogP contribution in [0.5, 0.6) is 0 Å². The van der Waals surface area contributed by atoms with E-state index in [0.717, 1.165) is 27.5 Å². The van der Waals surface area contributed by atoms with Crippen molar-refractivity contribution in [3.05, 3.63) is 57.7 Å². The Morgan fingerprint density at radius 1 is 1.24 bits per heavy atom. The van der Waals surface area contributed by atoms with Gasteiger partial charge in [-0.1, -0.05) is 17.8 Å². The number of thioether (sulfide) groups is 1. The van der Waals surface area contributed by atoms with Gasteiger partial charge in [0.05, 0.1) is 11.3 Å². The lowest BCUT2D eigenvalue weighted by Crippen LogP contribution is -2.43. The Labute approximate surface area is 182 Å². The summed E-state index contributed by atoms with van der Waals surface area (Å²) < 4.78 is 39.8. The van der Waals surface area contributed by atoms with Crippen molar-refractivity contribution in [1.82, 2.24) is 4.90 Å². The lowest BCUT2D eigenvalue weighted by Gasteiger charge is -2.28. The summed E-state index contributed by atoms with van der Waals surface area (Å²) in [5, 5.41) is 2.19. The molecule has 0 radical (unpaired) electrons. The molecule has 1 saturated heterocycles. The van der Waals surface area contributed by atoms with Crippen molar-refractivity contribution < 1.29 is 22.8 Å². The number of nitrogens with one attached hydrogen (secondary N) is 1. The highest BCUT2D eigenvalue weighted by Gasteiger charge is 2.34. The summed E-state index contributed by atoms with van der Waals surface area (Å²) >= 11 is 3.19.